The highest BCUT2D eigenvalue weighted by Gasteiger charge is 2.37. The van der Waals surface area contributed by atoms with Gasteiger partial charge in [0.25, 0.3) is 0 Å². The molecule has 1 aromatic heterocycles. The summed E-state index contributed by atoms with van der Waals surface area (Å²) in [5, 5.41) is 2.07. The molecule has 1 aliphatic carbocycles. The molecular formula is C13H19BrN2OS. The fourth-order valence-corrected chi connectivity index (χ4v) is 3.75. The van der Waals surface area contributed by atoms with Crippen molar-refractivity contribution in [2.24, 2.45) is 5.73 Å². The molecule has 1 heterocycles. The molecule has 0 bridgehead atoms. The van der Waals surface area contributed by atoms with E-state index in [2.05, 4.69) is 27.4 Å². The minimum atomic E-state index is -0.625. The molecule has 1 aromatic rings. The van der Waals surface area contributed by atoms with Gasteiger partial charge in [0.2, 0.25) is 5.91 Å². The van der Waals surface area contributed by atoms with E-state index >= 15 is 0 Å². The molecule has 0 aromatic carbocycles. The number of carbonyl (C=O) groups excluding carboxylic acids is 1. The molecule has 2 N–H and O–H groups in total. The Hall–Kier alpha value is -0.390. The van der Waals surface area contributed by atoms with Crippen LogP contribution in [0.1, 0.15) is 37.7 Å². The summed E-state index contributed by atoms with van der Waals surface area (Å²) in [6.07, 6.45) is 4.99. The minimum Gasteiger partial charge on any atom is -0.340 e. The first-order chi connectivity index (χ1) is 8.51. The third-order valence-electron chi connectivity index (χ3n) is 3.56. The third kappa shape index (κ3) is 3.13. The highest BCUT2D eigenvalue weighted by Crippen LogP contribution is 2.28. The zero-order valence-corrected chi connectivity index (χ0v) is 13.0. The third-order valence-corrected chi connectivity index (χ3v) is 5.11. The highest BCUT2D eigenvalue weighted by molar-refractivity contribution is 9.11. The molecule has 100 valence electrons. The van der Waals surface area contributed by atoms with Crippen LogP contribution in [0.3, 0.4) is 0 Å². The number of thiophene rings is 1. The smallest absolute Gasteiger partial charge is 0.242 e. The van der Waals surface area contributed by atoms with Crippen LogP contribution in [0.4, 0.5) is 0 Å². The number of hydrogen-bond donors (Lipinski definition) is 1. The van der Waals surface area contributed by atoms with Crippen molar-refractivity contribution in [3.05, 3.63) is 20.8 Å². The van der Waals surface area contributed by atoms with Gasteiger partial charge in [0.15, 0.2) is 0 Å². The van der Waals surface area contributed by atoms with Crippen LogP contribution in [0.2, 0.25) is 0 Å². The first-order valence-corrected chi connectivity index (χ1v) is 7.96. The lowest BCUT2D eigenvalue weighted by Crippen LogP contribution is -2.55. The van der Waals surface area contributed by atoms with E-state index in [1.165, 1.54) is 6.42 Å². The van der Waals surface area contributed by atoms with Crippen LogP contribution in [-0.2, 0) is 11.3 Å². The number of halogens is 1. The molecule has 3 nitrogen and oxygen atoms in total. The fraction of sp³-hybridized carbons (Fsp3) is 0.615. The molecule has 0 aliphatic heterocycles. The number of nitrogens with two attached hydrogens (primary N) is 1. The van der Waals surface area contributed by atoms with Crippen LogP contribution in [0.15, 0.2) is 15.2 Å². The van der Waals surface area contributed by atoms with Gasteiger partial charge in [-0.05, 0) is 45.8 Å². The first kappa shape index (κ1) is 14.0. The van der Waals surface area contributed by atoms with Crippen molar-refractivity contribution in [1.82, 2.24) is 4.90 Å². The monoisotopic (exact) mass is 330 g/mol. The normalized spacial score (nSPS) is 18.6. The van der Waals surface area contributed by atoms with Crippen LogP contribution < -0.4 is 5.73 Å². The second-order valence-corrected chi connectivity index (χ2v) is 7.43. The van der Waals surface area contributed by atoms with Crippen LogP contribution >= 0.6 is 27.3 Å². The number of rotatable bonds is 3. The van der Waals surface area contributed by atoms with Crippen molar-refractivity contribution >= 4 is 33.2 Å². The van der Waals surface area contributed by atoms with Crippen LogP contribution in [0.5, 0.6) is 0 Å². The topological polar surface area (TPSA) is 46.3 Å². The lowest BCUT2D eigenvalue weighted by Gasteiger charge is -2.35. The Kier molecular flexibility index (Phi) is 4.45. The summed E-state index contributed by atoms with van der Waals surface area (Å²) in [5.74, 6) is 0.0875. The molecule has 0 atom stereocenters. The van der Waals surface area contributed by atoms with E-state index in [0.29, 0.717) is 6.54 Å². The van der Waals surface area contributed by atoms with E-state index in [0.717, 1.165) is 35.0 Å². The van der Waals surface area contributed by atoms with E-state index in [1.807, 2.05) is 7.05 Å². The molecule has 1 amide bonds. The quantitative estimate of drug-likeness (QED) is 0.925. The Labute approximate surface area is 120 Å². The van der Waals surface area contributed by atoms with Crippen LogP contribution in [-0.4, -0.2) is 23.4 Å². The molecule has 2 rings (SSSR count). The highest BCUT2D eigenvalue weighted by atomic mass is 79.9. The number of likely N-dealkylation sites (N-methyl/N-ethyl adjacent to an activating group) is 1. The van der Waals surface area contributed by atoms with Gasteiger partial charge < -0.3 is 10.6 Å². The van der Waals surface area contributed by atoms with Gasteiger partial charge in [-0.2, -0.15) is 0 Å². The number of hydrogen-bond acceptors (Lipinski definition) is 3. The van der Waals surface area contributed by atoms with E-state index in [1.54, 1.807) is 16.2 Å². The van der Waals surface area contributed by atoms with Crippen molar-refractivity contribution < 1.29 is 4.79 Å². The summed E-state index contributed by atoms with van der Waals surface area (Å²) in [6.45, 7) is 0.639. The van der Waals surface area contributed by atoms with Gasteiger partial charge in [-0.15, -0.1) is 11.3 Å². The summed E-state index contributed by atoms with van der Waals surface area (Å²) in [4.78, 5) is 14.2. The zero-order valence-electron chi connectivity index (χ0n) is 10.6. The lowest BCUT2D eigenvalue weighted by molar-refractivity contribution is -0.137. The molecule has 0 radical (unpaired) electrons. The van der Waals surface area contributed by atoms with Gasteiger partial charge >= 0.3 is 0 Å². The summed E-state index contributed by atoms with van der Waals surface area (Å²) in [5.41, 5.74) is 6.79. The van der Waals surface area contributed by atoms with Crippen molar-refractivity contribution in [1.29, 1.82) is 0 Å². The van der Waals surface area contributed by atoms with Gasteiger partial charge in [-0.25, -0.2) is 0 Å². The molecule has 0 saturated heterocycles. The standard InChI is InChI=1S/C13H19BrN2OS/c1-16(8-10-7-11(14)18-9-10)12(17)13(15)5-3-2-4-6-13/h7,9H,2-6,8,15H2,1H3. The lowest BCUT2D eigenvalue weighted by atomic mass is 9.81. The maximum atomic E-state index is 12.4. The fourth-order valence-electron chi connectivity index (χ4n) is 2.55. The molecule has 1 saturated carbocycles. The van der Waals surface area contributed by atoms with Crippen molar-refractivity contribution in [3.63, 3.8) is 0 Å². The molecule has 1 fully saturated rings. The Morgan fingerprint density at radius 2 is 2.17 bits per heavy atom. The predicted molar refractivity (Wildman–Crippen MR) is 78.5 cm³/mol. The van der Waals surface area contributed by atoms with Crippen LogP contribution in [0.25, 0.3) is 0 Å². The van der Waals surface area contributed by atoms with Crippen LogP contribution in [0, 0.1) is 0 Å². The van der Waals surface area contributed by atoms with Gasteiger partial charge in [0.1, 0.15) is 0 Å². The Morgan fingerprint density at radius 1 is 1.50 bits per heavy atom. The van der Waals surface area contributed by atoms with E-state index in [-0.39, 0.29) is 5.91 Å². The Balaban J connectivity index is 1.99. The molecule has 18 heavy (non-hydrogen) atoms. The molecule has 0 unspecified atom stereocenters. The summed E-state index contributed by atoms with van der Waals surface area (Å²) in [7, 11) is 1.84. The molecule has 5 heteroatoms. The molecular weight excluding hydrogens is 312 g/mol. The van der Waals surface area contributed by atoms with Gasteiger partial charge in [-0.1, -0.05) is 19.3 Å². The van der Waals surface area contributed by atoms with Crippen molar-refractivity contribution in [2.75, 3.05) is 7.05 Å². The van der Waals surface area contributed by atoms with Gasteiger partial charge in [0, 0.05) is 13.6 Å². The van der Waals surface area contributed by atoms with E-state index < -0.39 is 5.54 Å². The summed E-state index contributed by atoms with van der Waals surface area (Å²) < 4.78 is 1.10. The average Bonchev–Trinajstić information content (AvgIpc) is 2.74. The number of carbonyl (C=O) groups is 1. The molecule has 0 spiro atoms. The average molecular weight is 331 g/mol. The van der Waals surface area contributed by atoms with Gasteiger partial charge in [-0.3, -0.25) is 4.79 Å². The second-order valence-electron chi connectivity index (χ2n) is 5.14. The first-order valence-electron chi connectivity index (χ1n) is 6.29. The summed E-state index contributed by atoms with van der Waals surface area (Å²) >= 11 is 5.08. The zero-order chi connectivity index (χ0) is 13.2. The minimum absolute atomic E-state index is 0.0875. The Bertz CT molecular complexity index is 426. The Morgan fingerprint density at radius 3 is 2.72 bits per heavy atom. The maximum absolute atomic E-state index is 12.4. The SMILES string of the molecule is CN(Cc1csc(Br)c1)C(=O)C1(N)CCCCC1. The van der Waals surface area contributed by atoms with Gasteiger partial charge in [0.05, 0.1) is 9.33 Å². The second kappa shape index (κ2) is 5.72. The number of nitrogens with zero attached hydrogens (tertiary/aromatic N) is 1. The van der Waals surface area contributed by atoms with Crippen molar-refractivity contribution in [3.8, 4) is 0 Å². The predicted octanol–water partition coefficient (Wildman–Crippen LogP) is 3.13. The largest absolute Gasteiger partial charge is 0.340 e. The van der Waals surface area contributed by atoms with E-state index in [9.17, 15) is 4.79 Å². The molecule has 1 aliphatic rings. The number of amides is 1. The summed E-state index contributed by atoms with van der Waals surface area (Å²) in [6, 6.07) is 2.05. The van der Waals surface area contributed by atoms with Crippen molar-refractivity contribution in [2.45, 2.75) is 44.2 Å². The van der Waals surface area contributed by atoms with E-state index in [4.69, 9.17) is 5.73 Å². The maximum Gasteiger partial charge on any atom is 0.242 e.